The number of anilines is 1. The quantitative estimate of drug-likeness (QED) is 0.254. The van der Waals surface area contributed by atoms with Crippen LogP contribution in [0.15, 0.2) is 63.5 Å². The monoisotopic (exact) mass is 509 g/mol. The van der Waals surface area contributed by atoms with Gasteiger partial charge in [-0.2, -0.15) is 0 Å². The third kappa shape index (κ3) is 5.08. The first-order chi connectivity index (χ1) is 17.0. The average molecular weight is 509 g/mol. The fourth-order valence-corrected chi connectivity index (χ4v) is 5.14. The third-order valence-electron chi connectivity index (χ3n) is 6.05. The van der Waals surface area contributed by atoms with Crippen LogP contribution in [-0.4, -0.2) is 50.6 Å². The van der Waals surface area contributed by atoms with E-state index in [4.69, 9.17) is 4.42 Å². The van der Waals surface area contributed by atoms with Gasteiger partial charge in [0.1, 0.15) is 17.2 Å². The van der Waals surface area contributed by atoms with Crippen molar-refractivity contribution in [3.63, 3.8) is 0 Å². The minimum Gasteiger partial charge on any atom is -0.455 e. The Labute approximate surface area is 210 Å². The van der Waals surface area contributed by atoms with Gasteiger partial charge in [0.25, 0.3) is 5.91 Å². The van der Waals surface area contributed by atoms with E-state index in [1.54, 1.807) is 13.1 Å². The molecule has 1 aliphatic carbocycles. The molecule has 0 bridgehead atoms. The number of hydrogen-bond acceptors (Lipinski definition) is 7. The van der Waals surface area contributed by atoms with Crippen LogP contribution in [0.3, 0.4) is 0 Å². The van der Waals surface area contributed by atoms with E-state index in [0.29, 0.717) is 28.0 Å². The number of hydrogen-bond donors (Lipinski definition) is 3. The highest BCUT2D eigenvalue weighted by atomic mass is 32.2. The van der Waals surface area contributed by atoms with Crippen LogP contribution in [-0.2, 0) is 10.0 Å². The van der Waals surface area contributed by atoms with Gasteiger partial charge < -0.3 is 19.8 Å². The minimum atomic E-state index is -3.83. The predicted octanol–water partition coefficient (Wildman–Crippen LogP) is 3.44. The zero-order chi connectivity index (χ0) is 26.2. The lowest BCUT2D eigenvalue weighted by Crippen LogP contribution is -2.35. The normalized spacial score (nSPS) is 14.7. The summed E-state index contributed by atoms with van der Waals surface area (Å²) in [5.41, 5.74) is 2.80. The van der Waals surface area contributed by atoms with Crippen molar-refractivity contribution in [1.29, 1.82) is 0 Å². The molecule has 0 saturated heterocycles. The highest BCUT2D eigenvalue weighted by Gasteiger charge is 2.34. The van der Waals surface area contributed by atoms with Gasteiger partial charge in [-0.05, 0) is 49.7 Å². The summed E-state index contributed by atoms with van der Waals surface area (Å²) in [5, 5.41) is 21.9. The molecule has 0 radical (unpaired) electrons. The van der Waals surface area contributed by atoms with Gasteiger partial charge in [-0.25, -0.2) is 17.7 Å². The fraction of sp³-hybridized carbons (Fsp3) is 0.280. The van der Waals surface area contributed by atoms with Gasteiger partial charge in [0.15, 0.2) is 0 Å². The van der Waals surface area contributed by atoms with Crippen LogP contribution in [0, 0.1) is 0 Å². The van der Waals surface area contributed by atoms with Crippen LogP contribution in [0.25, 0.3) is 22.3 Å². The number of carbonyl (C=O) groups is 1. The average Bonchev–Trinajstić information content (AvgIpc) is 3.61. The molecule has 36 heavy (non-hydrogen) atoms. The highest BCUT2D eigenvalue weighted by molar-refractivity contribution is 7.92. The van der Waals surface area contributed by atoms with Crippen LogP contribution in [0.4, 0.5) is 5.69 Å². The minimum absolute atomic E-state index is 0.125. The Balaban J connectivity index is 1.98. The maximum atomic E-state index is 13.0. The second-order valence-corrected chi connectivity index (χ2v) is 10.7. The summed E-state index contributed by atoms with van der Waals surface area (Å²) in [4.78, 5) is 17.1. The lowest BCUT2D eigenvalue weighted by atomic mass is 9.82. The molecule has 1 heterocycles. The summed E-state index contributed by atoms with van der Waals surface area (Å²) in [6.07, 6.45) is 4.08. The Morgan fingerprint density at radius 3 is 2.42 bits per heavy atom. The second-order valence-electron chi connectivity index (χ2n) is 8.88. The number of benzene rings is 2. The number of furan rings is 1. The van der Waals surface area contributed by atoms with E-state index < -0.39 is 17.1 Å². The number of fused-ring (bicyclic) bond motifs is 1. The molecule has 2 aromatic carbocycles. The molecule has 1 aliphatic rings. The molecule has 0 aliphatic heterocycles. The maximum Gasteiger partial charge on any atom is 0.485 e. The number of nitrogens with zero attached hydrogens (tertiary/aromatic N) is 2. The van der Waals surface area contributed by atoms with Crippen molar-refractivity contribution < 1.29 is 27.7 Å². The maximum absolute atomic E-state index is 13.0. The van der Waals surface area contributed by atoms with Gasteiger partial charge in [0.05, 0.1) is 17.5 Å². The molecule has 3 N–H and O–H groups in total. The van der Waals surface area contributed by atoms with E-state index in [0.717, 1.165) is 34.5 Å². The summed E-state index contributed by atoms with van der Waals surface area (Å²) in [7, 11) is -3.98. The second kappa shape index (κ2) is 9.92. The van der Waals surface area contributed by atoms with Crippen LogP contribution in [0.1, 0.15) is 48.5 Å². The zero-order valence-electron chi connectivity index (χ0n) is 20.5. The molecule has 1 amide bonds. The van der Waals surface area contributed by atoms with Gasteiger partial charge >= 0.3 is 7.12 Å². The van der Waals surface area contributed by atoms with Crippen LogP contribution < -0.4 is 9.62 Å². The molecule has 3 aromatic rings. The number of sulfonamides is 1. The molecule has 1 fully saturated rings. The van der Waals surface area contributed by atoms with E-state index in [2.05, 4.69) is 10.3 Å². The van der Waals surface area contributed by atoms with Gasteiger partial charge in [-0.3, -0.25) is 4.79 Å². The Morgan fingerprint density at radius 2 is 1.86 bits per heavy atom. The fourth-order valence-electron chi connectivity index (χ4n) is 4.10. The molecule has 1 saturated carbocycles. The molecule has 188 valence electrons. The van der Waals surface area contributed by atoms with Crippen molar-refractivity contribution in [2.45, 2.75) is 32.6 Å². The molecule has 0 unspecified atom stereocenters. The first kappa shape index (κ1) is 25.7. The van der Waals surface area contributed by atoms with Crippen molar-refractivity contribution in [2.24, 2.45) is 4.99 Å². The number of amidine groups is 1. The predicted molar refractivity (Wildman–Crippen MR) is 141 cm³/mol. The zero-order valence-corrected chi connectivity index (χ0v) is 21.3. The largest absolute Gasteiger partial charge is 0.485 e. The standard InChI is InChI=1S/C25H28BN3O6S/c1-15(26(31)32)14-28-16(2)29(36(4,33)34)21-13-22-20(12-19(21)17-10-11-17)23(25(30)27-3)24(35-22)18-8-6-5-7-9-18/h5-9,12-14,17,31-32H,10-11H2,1-4H3,(H,27,30)/b15-14+,28-16+. The molecular formula is C25H28BN3O6S. The van der Waals surface area contributed by atoms with Gasteiger partial charge in [-0.15, -0.1) is 0 Å². The lowest BCUT2D eigenvalue weighted by molar-refractivity contribution is 0.0964. The molecule has 0 spiro atoms. The van der Waals surface area contributed by atoms with Crippen LogP contribution in [0.2, 0.25) is 0 Å². The SMILES string of the molecule is CNC(=O)c1c(-c2ccccc2)oc2cc(N(/C(C)=N/C=C(\C)B(O)O)S(C)(=O)=O)c(C3CC3)cc12. The molecule has 4 rings (SSSR count). The van der Waals surface area contributed by atoms with Crippen molar-refractivity contribution in [1.82, 2.24) is 5.32 Å². The van der Waals surface area contributed by atoms with Gasteiger partial charge in [-0.1, -0.05) is 30.3 Å². The Hall–Kier alpha value is -3.41. The van der Waals surface area contributed by atoms with E-state index >= 15 is 0 Å². The van der Waals surface area contributed by atoms with Gasteiger partial charge in [0, 0.05) is 30.3 Å². The number of nitrogens with one attached hydrogen (secondary N) is 1. The summed E-state index contributed by atoms with van der Waals surface area (Å²) in [6, 6.07) is 12.7. The molecule has 11 heteroatoms. The summed E-state index contributed by atoms with van der Waals surface area (Å²) in [5.74, 6) is 0.351. The van der Waals surface area contributed by atoms with Crippen molar-refractivity contribution in [2.75, 3.05) is 17.6 Å². The molecule has 9 nitrogen and oxygen atoms in total. The number of allylic oxidation sites excluding steroid dienone is 1. The molecule has 0 atom stereocenters. The van der Waals surface area contributed by atoms with E-state index in [9.17, 15) is 23.3 Å². The first-order valence-corrected chi connectivity index (χ1v) is 13.3. The molecular weight excluding hydrogens is 481 g/mol. The van der Waals surface area contributed by atoms with Gasteiger partial charge in [0.2, 0.25) is 10.0 Å². The van der Waals surface area contributed by atoms with Crippen LogP contribution in [0.5, 0.6) is 0 Å². The first-order valence-electron chi connectivity index (χ1n) is 11.5. The lowest BCUT2D eigenvalue weighted by Gasteiger charge is -2.24. The smallest absolute Gasteiger partial charge is 0.455 e. The van der Waals surface area contributed by atoms with E-state index in [1.165, 1.54) is 20.0 Å². The Bertz CT molecular complexity index is 1470. The number of amides is 1. The molecule has 1 aromatic heterocycles. The number of carbonyl (C=O) groups excluding carboxylic acids is 1. The van der Waals surface area contributed by atoms with E-state index in [-0.39, 0.29) is 23.1 Å². The van der Waals surface area contributed by atoms with Crippen molar-refractivity contribution in [3.8, 4) is 11.3 Å². The summed E-state index contributed by atoms with van der Waals surface area (Å²) < 4.78 is 33.2. The Morgan fingerprint density at radius 1 is 1.19 bits per heavy atom. The van der Waals surface area contributed by atoms with E-state index in [1.807, 2.05) is 36.4 Å². The topological polar surface area (TPSA) is 132 Å². The highest BCUT2D eigenvalue weighted by Crippen LogP contribution is 2.48. The van der Waals surface area contributed by atoms with Crippen molar-refractivity contribution >= 4 is 45.5 Å². The summed E-state index contributed by atoms with van der Waals surface area (Å²) in [6.45, 7) is 3.01. The number of aliphatic imine (C=N–C) groups is 1. The van der Waals surface area contributed by atoms with Crippen LogP contribution >= 0.6 is 0 Å². The summed E-state index contributed by atoms with van der Waals surface area (Å²) >= 11 is 0. The third-order valence-corrected chi connectivity index (χ3v) is 7.18. The van der Waals surface area contributed by atoms with Crippen molar-refractivity contribution in [3.05, 3.63) is 65.3 Å². The number of rotatable bonds is 7. The Kier molecular flexibility index (Phi) is 7.08.